The predicted octanol–water partition coefficient (Wildman–Crippen LogP) is 5.70. The van der Waals surface area contributed by atoms with Crippen molar-refractivity contribution >= 4 is 5.97 Å². The monoisotopic (exact) mass is 595 g/mol. The maximum atomic E-state index is 13.2. The van der Waals surface area contributed by atoms with Crippen LogP contribution in [0.5, 0.6) is 0 Å². The fraction of sp³-hybridized carbons (Fsp3) is 0.400. The number of pyridine rings is 1. The molecule has 4 rings (SSSR count). The van der Waals surface area contributed by atoms with E-state index in [4.69, 9.17) is 4.74 Å². The molecular weight excluding hydrogens is 564 g/mol. The number of hydrogen-bond acceptors (Lipinski definition) is 6. The van der Waals surface area contributed by atoms with E-state index in [9.17, 15) is 36.2 Å². The van der Waals surface area contributed by atoms with Gasteiger partial charge in [0.2, 0.25) is 0 Å². The van der Waals surface area contributed by atoms with Gasteiger partial charge in [0.05, 0.1) is 13.0 Å². The van der Waals surface area contributed by atoms with Crippen molar-refractivity contribution in [1.82, 2.24) is 14.8 Å². The molecule has 1 aliphatic rings. The first-order chi connectivity index (χ1) is 19.8. The second-order valence-electron chi connectivity index (χ2n) is 10.2. The molecule has 0 aliphatic carbocycles. The van der Waals surface area contributed by atoms with Crippen LogP contribution in [0.3, 0.4) is 0 Å². The Morgan fingerprint density at radius 2 is 1.40 bits per heavy atom. The van der Waals surface area contributed by atoms with E-state index in [1.165, 1.54) is 0 Å². The van der Waals surface area contributed by atoms with Gasteiger partial charge < -0.3 is 9.84 Å². The molecule has 0 unspecified atom stereocenters. The lowest BCUT2D eigenvalue weighted by Crippen LogP contribution is -2.53. The van der Waals surface area contributed by atoms with Crippen LogP contribution in [0, 0.1) is 0 Å². The molecule has 1 aromatic heterocycles. The van der Waals surface area contributed by atoms with Gasteiger partial charge in [0.25, 0.3) is 5.60 Å². The van der Waals surface area contributed by atoms with Crippen LogP contribution in [0.2, 0.25) is 0 Å². The van der Waals surface area contributed by atoms with Gasteiger partial charge in [-0.3, -0.25) is 19.6 Å². The Morgan fingerprint density at radius 1 is 0.857 bits per heavy atom. The van der Waals surface area contributed by atoms with Gasteiger partial charge in [-0.2, -0.15) is 26.3 Å². The lowest BCUT2D eigenvalue weighted by atomic mass is 9.90. The summed E-state index contributed by atoms with van der Waals surface area (Å²) in [5.41, 5.74) is -3.25. The predicted molar refractivity (Wildman–Crippen MR) is 143 cm³/mol. The number of esters is 1. The summed E-state index contributed by atoms with van der Waals surface area (Å²) in [7, 11) is 0. The van der Waals surface area contributed by atoms with Crippen LogP contribution >= 0.6 is 0 Å². The van der Waals surface area contributed by atoms with E-state index in [-0.39, 0.29) is 18.4 Å². The van der Waals surface area contributed by atoms with Crippen LogP contribution in [0.4, 0.5) is 26.3 Å². The summed E-state index contributed by atoms with van der Waals surface area (Å²) >= 11 is 0. The molecule has 12 heteroatoms. The first-order valence-electron chi connectivity index (χ1n) is 13.4. The number of rotatable bonds is 9. The number of piperazine rings is 1. The van der Waals surface area contributed by atoms with E-state index in [2.05, 4.69) is 14.8 Å². The van der Waals surface area contributed by atoms with Crippen molar-refractivity contribution in [3.8, 4) is 11.1 Å². The molecule has 42 heavy (non-hydrogen) atoms. The Bertz CT molecular complexity index is 1300. The van der Waals surface area contributed by atoms with Gasteiger partial charge in [0.1, 0.15) is 0 Å². The normalized spacial score (nSPS) is 17.3. The van der Waals surface area contributed by atoms with E-state index < -0.39 is 23.5 Å². The van der Waals surface area contributed by atoms with E-state index in [1.54, 1.807) is 31.5 Å². The molecule has 1 aliphatic heterocycles. The SMILES string of the molecule is CCOC(=O)C[C@@H]1CN(Cc2ccncc2)CCN1Cc1ccc(-c2ccc(C(O)(C(F)(F)F)C(F)(F)F)cc2)cc1. The number of aromatic nitrogens is 1. The highest BCUT2D eigenvalue weighted by molar-refractivity contribution is 5.70. The number of ether oxygens (including phenoxy) is 1. The lowest BCUT2D eigenvalue weighted by Gasteiger charge is -2.41. The van der Waals surface area contributed by atoms with Crippen molar-refractivity contribution in [1.29, 1.82) is 0 Å². The van der Waals surface area contributed by atoms with Crippen molar-refractivity contribution in [2.45, 2.75) is 50.4 Å². The molecule has 1 saturated heterocycles. The fourth-order valence-electron chi connectivity index (χ4n) is 5.09. The average molecular weight is 596 g/mol. The standard InChI is InChI=1S/C30H31F6N3O3/c1-2-42-27(40)17-26-20-38(18-22-11-13-37-14-12-22)15-16-39(26)19-21-3-5-23(6-4-21)24-7-9-25(10-8-24)28(41,29(31,32)33)30(34,35)36/h3-14,26,41H,2,15-20H2,1H3/t26-/m1/s1. The quantitative estimate of drug-likeness (QED) is 0.253. The molecule has 2 heterocycles. The van der Waals surface area contributed by atoms with Crippen LogP contribution in [0.25, 0.3) is 11.1 Å². The summed E-state index contributed by atoms with van der Waals surface area (Å²) in [6.07, 6.45) is -8.17. The van der Waals surface area contributed by atoms with E-state index in [1.807, 2.05) is 24.3 Å². The molecule has 1 atom stereocenters. The molecule has 6 nitrogen and oxygen atoms in total. The summed E-state index contributed by atoms with van der Waals surface area (Å²) in [5.74, 6) is -0.278. The van der Waals surface area contributed by atoms with Gasteiger partial charge in [0, 0.05) is 56.7 Å². The minimum absolute atomic E-state index is 0.0899. The maximum absolute atomic E-state index is 13.2. The van der Waals surface area contributed by atoms with Gasteiger partial charge in [-0.05, 0) is 41.3 Å². The van der Waals surface area contributed by atoms with Crippen LogP contribution in [-0.4, -0.2) is 70.5 Å². The molecule has 3 aromatic rings. The smallest absolute Gasteiger partial charge is 0.430 e. The number of carbonyl (C=O) groups is 1. The summed E-state index contributed by atoms with van der Waals surface area (Å²) in [6, 6.07) is 14.4. The topological polar surface area (TPSA) is 65.9 Å². The van der Waals surface area contributed by atoms with Crippen molar-refractivity contribution < 1.29 is 41.0 Å². The summed E-state index contributed by atoms with van der Waals surface area (Å²) < 4.78 is 84.4. The van der Waals surface area contributed by atoms with Gasteiger partial charge in [-0.25, -0.2) is 0 Å². The zero-order chi connectivity index (χ0) is 30.5. The number of alkyl halides is 6. The molecule has 226 valence electrons. The van der Waals surface area contributed by atoms with E-state index >= 15 is 0 Å². The van der Waals surface area contributed by atoms with Crippen LogP contribution in [-0.2, 0) is 28.2 Å². The average Bonchev–Trinajstić information content (AvgIpc) is 2.94. The molecule has 1 fully saturated rings. The highest BCUT2D eigenvalue weighted by Gasteiger charge is 2.71. The molecule has 1 N–H and O–H groups in total. The summed E-state index contributed by atoms with van der Waals surface area (Å²) in [4.78, 5) is 20.9. The third-order valence-electron chi connectivity index (χ3n) is 7.35. The Labute approximate surface area is 239 Å². The molecule has 0 saturated carbocycles. The Hall–Kier alpha value is -3.48. The third kappa shape index (κ3) is 7.11. The van der Waals surface area contributed by atoms with Crippen molar-refractivity contribution in [3.05, 3.63) is 89.7 Å². The summed E-state index contributed by atoms with van der Waals surface area (Å²) in [6.45, 7) is 5.47. The maximum Gasteiger partial charge on any atom is 0.430 e. The lowest BCUT2D eigenvalue weighted by molar-refractivity contribution is -0.376. The van der Waals surface area contributed by atoms with Crippen LogP contribution in [0.15, 0.2) is 73.1 Å². The number of carbonyl (C=O) groups excluding carboxylic acids is 1. The Kier molecular flexibility index (Phi) is 9.59. The zero-order valence-electron chi connectivity index (χ0n) is 22.8. The molecular formula is C30H31F6N3O3. The number of hydrogen-bond donors (Lipinski definition) is 1. The fourth-order valence-corrected chi connectivity index (χ4v) is 5.09. The Balaban J connectivity index is 1.46. The van der Waals surface area contributed by atoms with Crippen molar-refractivity contribution in [3.63, 3.8) is 0 Å². The van der Waals surface area contributed by atoms with E-state index in [0.717, 1.165) is 36.3 Å². The zero-order valence-corrected chi connectivity index (χ0v) is 22.8. The second-order valence-corrected chi connectivity index (χ2v) is 10.2. The molecule has 0 amide bonds. The van der Waals surface area contributed by atoms with Crippen molar-refractivity contribution in [2.75, 3.05) is 26.2 Å². The summed E-state index contributed by atoms with van der Waals surface area (Å²) in [5, 5.41) is 9.62. The minimum Gasteiger partial charge on any atom is -0.466 e. The van der Waals surface area contributed by atoms with Crippen LogP contribution < -0.4 is 0 Å². The minimum atomic E-state index is -5.94. The van der Waals surface area contributed by atoms with Crippen LogP contribution in [0.1, 0.15) is 30.0 Å². The van der Waals surface area contributed by atoms with Gasteiger partial charge in [-0.15, -0.1) is 0 Å². The Morgan fingerprint density at radius 3 is 1.95 bits per heavy atom. The first kappa shape index (κ1) is 31.5. The number of aliphatic hydroxyl groups is 1. The van der Waals surface area contributed by atoms with Gasteiger partial charge in [0.15, 0.2) is 0 Å². The highest BCUT2D eigenvalue weighted by atomic mass is 19.4. The molecule has 0 bridgehead atoms. The molecule has 0 radical (unpaired) electrons. The van der Waals surface area contributed by atoms with Gasteiger partial charge in [-0.1, -0.05) is 48.5 Å². The number of benzene rings is 2. The van der Waals surface area contributed by atoms with E-state index in [0.29, 0.717) is 49.5 Å². The van der Waals surface area contributed by atoms with Crippen molar-refractivity contribution in [2.24, 2.45) is 0 Å². The number of halogens is 6. The van der Waals surface area contributed by atoms with Gasteiger partial charge >= 0.3 is 18.3 Å². The second kappa shape index (κ2) is 12.8. The highest BCUT2D eigenvalue weighted by Crippen LogP contribution is 2.50. The molecule has 0 spiro atoms. The largest absolute Gasteiger partial charge is 0.466 e. The number of nitrogens with zero attached hydrogens (tertiary/aromatic N) is 3. The molecule has 2 aromatic carbocycles. The first-order valence-corrected chi connectivity index (χ1v) is 13.4. The third-order valence-corrected chi connectivity index (χ3v) is 7.35.